The molecular weight excluding hydrogens is 310 g/mol. The van der Waals surface area contributed by atoms with Crippen molar-refractivity contribution in [1.29, 1.82) is 0 Å². The largest absolute Gasteiger partial charge is 0.379 e. The zero-order valence-electron chi connectivity index (χ0n) is 12.8. The lowest BCUT2D eigenvalue weighted by molar-refractivity contribution is 0.0725. The molecule has 0 atom stereocenters. The molecule has 1 fully saturated rings. The van der Waals surface area contributed by atoms with Crippen LogP contribution in [0.25, 0.3) is 0 Å². The van der Waals surface area contributed by atoms with Crippen LogP contribution in [0.2, 0.25) is 0 Å². The molecule has 2 rings (SSSR count). The molecule has 0 aliphatic carbocycles. The number of nitrogens with one attached hydrogen (secondary N) is 1. The van der Waals surface area contributed by atoms with Gasteiger partial charge in [0.15, 0.2) is 0 Å². The Morgan fingerprint density at radius 1 is 1.38 bits per heavy atom. The normalized spacial score (nSPS) is 18.0. The van der Waals surface area contributed by atoms with E-state index in [1.54, 1.807) is 11.3 Å². The van der Waals surface area contributed by atoms with Gasteiger partial charge in [0.2, 0.25) is 0 Å². The molecule has 1 saturated heterocycles. The Kier molecular flexibility index (Phi) is 5.37. The molecule has 120 valence electrons. The third-order valence-electron chi connectivity index (χ3n) is 3.25. The number of hydrogen-bond acceptors (Lipinski definition) is 5. The van der Waals surface area contributed by atoms with E-state index in [-0.39, 0.29) is 5.41 Å². The molecule has 8 heteroatoms. The van der Waals surface area contributed by atoms with Crippen molar-refractivity contribution in [3.05, 3.63) is 16.1 Å². The molecule has 0 unspecified atom stereocenters. The van der Waals surface area contributed by atoms with Crippen LogP contribution in [0.15, 0.2) is 5.38 Å². The SMILES string of the molecule is CC(C)(C)c1csc(CCNS(=O)(=O)N2CCOCC2)n1. The minimum atomic E-state index is -3.39. The molecule has 0 spiro atoms. The summed E-state index contributed by atoms with van der Waals surface area (Å²) in [6, 6.07) is 0. The minimum absolute atomic E-state index is 0.0298. The summed E-state index contributed by atoms with van der Waals surface area (Å²) in [5.41, 5.74) is 1.08. The number of hydrogen-bond donors (Lipinski definition) is 1. The summed E-state index contributed by atoms with van der Waals surface area (Å²) >= 11 is 1.58. The summed E-state index contributed by atoms with van der Waals surface area (Å²) in [5, 5.41) is 3.01. The Labute approximate surface area is 130 Å². The van der Waals surface area contributed by atoms with E-state index >= 15 is 0 Å². The summed E-state index contributed by atoms with van der Waals surface area (Å²) in [6.07, 6.45) is 0.615. The number of nitrogens with zero attached hydrogens (tertiary/aromatic N) is 2. The number of morpholine rings is 1. The van der Waals surface area contributed by atoms with Gasteiger partial charge in [-0.05, 0) is 0 Å². The highest BCUT2D eigenvalue weighted by Gasteiger charge is 2.23. The van der Waals surface area contributed by atoms with Gasteiger partial charge in [-0.1, -0.05) is 20.8 Å². The second-order valence-corrected chi connectivity index (χ2v) is 8.74. The fraction of sp³-hybridized carbons (Fsp3) is 0.769. The fourth-order valence-corrected chi connectivity index (χ4v) is 4.13. The first-order valence-corrected chi connectivity index (χ1v) is 9.38. The van der Waals surface area contributed by atoms with Crippen LogP contribution in [0.5, 0.6) is 0 Å². The van der Waals surface area contributed by atoms with Gasteiger partial charge in [-0.25, -0.2) is 9.71 Å². The lowest BCUT2D eigenvalue weighted by Crippen LogP contribution is -2.47. The molecule has 1 aliphatic rings. The first-order chi connectivity index (χ1) is 9.79. The van der Waals surface area contributed by atoms with Crippen LogP contribution in [0, 0.1) is 0 Å². The van der Waals surface area contributed by atoms with Gasteiger partial charge >= 0.3 is 0 Å². The molecule has 1 N–H and O–H groups in total. The summed E-state index contributed by atoms with van der Waals surface area (Å²) in [7, 11) is -3.39. The summed E-state index contributed by atoms with van der Waals surface area (Å²) < 4.78 is 33.4. The Hall–Kier alpha value is -0.540. The van der Waals surface area contributed by atoms with E-state index < -0.39 is 10.2 Å². The monoisotopic (exact) mass is 333 g/mol. The van der Waals surface area contributed by atoms with E-state index in [4.69, 9.17) is 4.74 Å². The smallest absolute Gasteiger partial charge is 0.279 e. The van der Waals surface area contributed by atoms with Crippen LogP contribution in [0.4, 0.5) is 0 Å². The van der Waals surface area contributed by atoms with Crippen molar-refractivity contribution in [1.82, 2.24) is 14.0 Å². The maximum atomic E-state index is 12.1. The van der Waals surface area contributed by atoms with Crippen molar-refractivity contribution in [3.63, 3.8) is 0 Å². The molecule has 2 heterocycles. The van der Waals surface area contributed by atoms with E-state index in [1.165, 1.54) is 4.31 Å². The molecule has 1 aliphatic heterocycles. The highest BCUT2D eigenvalue weighted by Crippen LogP contribution is 2.23. The van der Waals surface area contributed by atoms with Gasteiger partial charge in [0.05, 0.1) is 23.9 Å². The number of rotatable bonds is 5. The van der Waals surface area contributed by atoms with E-state index in [9.17, 15) is 8.42 Å². The maximum Gasteiger partial charge on any atom is 0.279 e. The standard InChI is InChI=1S/C13H23N3O3S2/c1-13(2,3)11-10-20-12(15-11)4-5-14-21(17,18)16-6-8-19-9-7-16/h10,14H,4-9H2,1-3H3. The summed E-state index contributed by atoms with van der Waals surface area (Å²) in [5.74, 6) is 0. The number of aromatic nitrogens is 1. The number of ether oxygens (including phenoxy) is 1. The fourth-order valence-electron chi connectivity index (χ4n) is 1.94. The van der Waals surface area contributed by atoms with Gasteiger partial charge in [0, 0.05) is 36.9 Å². The molecule has 0 saturated carbocycles. The second-order valence-electron chi connectivity index (χ2n) is 6.04. The van der Waals surface area contributed by atoms with Crippen LogP contribution in [0.1, 0.15) is 31.5 Å². The third-order valence-corrected chi connectivity index (χ3v) is 5.78. The topological polar surface area (TPSA) is 71.5 Å². The summed E-state index contributed by atoms with van der Waals surface area (Å²) in [4.78, 5) is 4.56. The van der Waals surface area contributed by atoms with Gasteiger partial charge in [0.25, 0.3) is 10.2 Å². The highest BCUT2D eigenvalue weighted by atomic mass is 32.2. The highest BCUT2D eigenvalue weighted by molar-refractivity contribution is 7.87. The molecule has 0 bridgehead atoms. The van der Waals surface area contributed by atoms with Crippen molar-refractivity contribution in [2.75, 3.05) is 32.8 Å². The van der Waals surface area contributed by atoms with Crippen LogP contribution in [-0.2, 0) is 26.8 Å². The van der Waals surface area contributed by atoms with Crippen molar-refractivity contribution < 1.29 is 13.2 Å². The molecule has 0 aromatic carbocycles. The summed E-state index contributed by atoms with van der Waals surface area (Å²) in [6.45, 7) is 8.48. The van der Waals surface area contributed by atoms with Gasteiger partial charge in [-0.15, -0.1) is 11.3 Å². The van der Waals surface area contributed by atoms with E-state index in [1.807, 2.05) is 5.38 Å². The Bertz CT molecular complexity index is 557. The molecule has 1 aromatic heterocycles. The van der Waals surface area contributed by atoms with Crippen molar-refractivity contribution in [2.24, 2.45) is 0 Å². The molecular formula is C13H23N3O3S2. The molecule has 21 heavy (non-hydrogen) atoms. The van der Waals surface area contributed by atoms with Gasteiger partial charge in [0.1, 0.15) is 0 Å². The molecule has 6 nitrogen and oxygen atoms in total. The maximum absolute atomic E-state index is 12.1. The predicted molar refractivity (Wildman–Crippen MR) is 83.8 cm³/mol. The van der Waals surface area contributed by atoms with Crippen LogP contribution >= 0.6 is 11.3 Å². The lowest BCUT2D eigenvalue weighted by Gasteiger charge is -2.25. The zero-order valence-corrected chi connectivity index (χ0v) is 14.4. The van der Waals surface area contributed by atoms with E-state index in [2.05, 4.69) is 30.5 Å². The number of thiazole rings is 1. The predicted octanol–water partition coefficient (Wildman–Crippen LogP) is 1.15. The minimum Gasteiger partial charge on any atom is -0.379 e. The Morgan fingerprint density at radius 3 is 2.62 bits per heavy atom. The molecule has 1 aromatic rings. The average Bonchev–Trinajstić information content (AvgIpc) is 2.88. The van der Waals surface area contributed by atoms with E-state index in [0.29, 0.717) is 39.3 Å². The van der Waals surface area contributed by atoms with Crippen LogP contribution in [0.3, 0.4) is 0 Å². The van der Waals surface area contributed by atoms with Gasteiger partial charge in [-0.3, -0.25) is 0 Å². The van der Waals surface area contributed by atoms with Gasteiger partial charge < -0.3 is 4.74 Å². The van der Waals surface area contributed by atoms with E-state index in [0.717, 1.165) is 10.7 Å². The third kappa shape index (κ3) is 4.72. The van der Waals surface area contributed by atoms with Crippen molar-refractivity contribution in [2.45, 2.75) is 32.6 Å². The first kappa shape index (κ1) is 16.8. The quantitative estimate of drug-likeness (QED) is 0.877. The first-order valence-electron chi connectivity index (χ1n) is 7.06. The van der Waals surface area contributed by atoms with Crippen molar-refractivity contribution >= 4 is 21.5 Å². The van der Waals surface area contributed by atoms with Crippen molar-refractivity contribution in [3.8, 4) is 0 Å². The average molecular weight is 333 g/mol. The Morgan fingerprint density at radius 2 is 2.05 bits per heavy atom. The van der Waals surface area contributed by atoms with Crippen LogP contribution < -0.4 is 4.72 Å². The van der Waals surface area contributed by atoms with Crippen LogP contribution in [-0.4, -0.2) is 50.6 Å². The lowest BCUT2D eigenvalue weighted by atomic mass is 9.93. The molecule has 0 amide bonds. The zero-order chi connectivity index (χ0) is 15.5. The second kappa shape index (κ2) is 6.70. The Balaban J connectivity index is 1.85. The van der Waals surface area contributed by atoms with Gasteiger partial charge in [-0.2, -0.15) is 12.7 Å². The molecule has 0 radical (unpaired) electrons.